The van der Waals surface area contributed by atoms with E-state index in [9.17, 15) is 4.39 Å². The molecule has 116 valence electrons. The highest BCUT2D eigenvalue weighted by atomic mass is 32.1. The molecule has 0 spiro atoms. The zero-order chi connectivity index (χ0) is 14.9. The second-order valence-electron chi connectivity index (χ2n) is 6.43. The first-order valence-corrected chi connectivity index (χ1v) is 8.89. The molecule has 1 aliphatic heterocycles. The van der Waals surface area contributed by atoms with Crippen LogP contribution in [0.3, 0.4) is 0 Å². The standard InChI is InChI=1S/C17H20FN3S/c18-15-5-1-12(2-6-15)11-21-9-7-14(8-10-21)17-20-19-16(22-17)13-3-4-13/h1-2,5-6,13-14H,3-4,7-11H2. The van der Waals surface area contributed by atoms with Gasteiger partial charge in [0.05, 0.1) is 0 Å². The summed E-state index contributed by atoms with van der Waals surface area (Å²) in [7, 11) is 0. The van der Waals surface area contributed by atoms with Crippen molar-refractivity contribution >= 4 is 11.3 Å². The Bertz CT molecular complexity index is 628. The summed E-state index contributed by atoms with van der Waals surface area (Å²) in [6.45, 7) is 3.08. The fourth-order valence-corrected chi connectivity index (χ4v) is 4.28. The maximum Gasteiger partial charge on any atom is 0.123 e. The maximum atomic E-state index is 12.9. The van der Waals surface area contributed by atoms with Crippen LogP contribution in [0.1, 0.15) is 53.1 Å². The molecule has 0 N–H and O–H groups in total. The Balaban J connectivity index is 1.32. The number of halogens is 1. The third-order valence-corrected chi connectivity index (χ3v) is 5.89. The maximum absolute atomic E-state index is 12.9. The van der Waals surface area contributed by atoms with Gasteiger partial charge >= 0.3 is 0 Å². The van der Waals surface area contributed by atoms with Gasteiger partial charge in [-0.25, -0.2) is 4.39 Å². The summed E-state index contributed by atoms with van der Waals surface area (Å²) in [4.78, 5) is 2.45. The second kappa shape index (κ2) is 6.05. The number of piperidine rings is 1. The van der Waals surface area contributed by atoms with Crippen LogP contribution >= 0.6 is 11.3 Å². The van der Waals surface area contributed by atoms with Crippen LogP contribution in [0.5, 0.6) is 0 Å². The van der Waals surface area contributed by atoms with E-state index in [1.807, 2.05) is 23.5 Å². The number of hydrogen-bond donors (Lipinski definition) is 0. The van der Waals surface area contributed by atoms with E-state index in [-0.39, 0.29) is 5.82 Å². The quantitative estimate of drug-likeness (QED) is 0.855. The molecular weight excluding hydrogens is 297 g/mol. The van der Waals surface area contributed by atoms with E-state index in [0.717, 1.165) is 32.5 Å². The number of hydrogen-bond acceptors (Lipinski definition) is 4. The first-order valence-electron chi connectivity index (χ1n) is 8.08. The molecule has 0 radical (unpaired) electrons. The highest BCUT2D eigenvalue weighted by Gasteiger charge is 2.30. The van der Waals surface area contributed by atoms with Crippen molar-refractivity contribution in [2.45, 2.75) is 44.1 Å². The summed E-state index contributed by atoms with van der Waals surface area (Å²) < 4.78 is 12.9. The highest BCUT2D eigenvalue weighted by Crippen LogP contribution is 2.43. The van der Waals surface area contributed by atoms with Gasteiger partial charge in [0.2, 0.25) is 0 Å². The molecule has 2 heterocycles. The van der Waals surface area contributed by atoms with Gasteiger partial charge in [0, 0.05) is 18.4 Å². The Labute approximate surface area is 134 Å². The lowest BCUT2D eigenvalue weighted by Crippen LogP contribution is -2.32. The van der Waals surface area contributed by atoms with Crippen molar-refractivity contribution in [2.75, 3.05) is 13.1 Å². The summed E-state index contributed by atoms with van der Waals surface area (Å²) in [5, 5.41) is 11.3. The predicted molar refractivity (Wildman–Crippen MR) is 85.5 cm³/mol. The van der Waals surface area contributed by atoms with Crippen LogP contribution < -0.4 is 0 Å². The van der Waals surface area contributed by atoms with E-state index >= 15 is 0 Å². The van der Waals surface area contributed by atoms with Gasteiger partial charge in [-0.3, -0.25) is 4.90 Å². The van der Waals surface area contributed by atoms with Crippen LogP contribution in [0.4, 0.5) is 4.39 Å². The summed E-state index contributed by atoms with van der Waals surface area (Å²) in [5.74, 6) is 1.13. The van der Waals surface area contributed by atoms with Crippen molar-refractivity contribution in [2.24, 2.45) is 0 Å². The molecular formula is C17H20FN3S. The van der Waals surface area contributed by atoms with Crippen molar-refractivity contribution in [1.29, 1.82) is 0 Å². The first-order chi connectivity index (χ1) is 10.8. The largest absolute Gasteiger partial charge is 0.299 e. The van der Waals surface area contributed by atoms with Gasteiger partial charge in [-0.1, -0.05) is 12.1 Å². The molecule has 0 bridgehead atoms. The van der Waals surface area contributed by atoms with Gasteiger partial charge in [0.15, 0.2) is 0 Å². The van der Waals surface area contributed by atoms with Gasteiger partial charge in [-0.2, -0.15) is 0 Å². The Kier molecular flexibility index (Phi) is 3.92. The Morgan fingerprint density at radius 1 is 0.955 bits per heavy atom. The summed E-state index contributed by atoms with van der Waals surface area (Å²) in [5.41, 5.74) is 1.19. The third kappa shape index (κ3) is 3.20. The molecule has 2 aromatic rings. The van der Waals surface area contributed by atoms with E-state index < -0.39 is 0 Å². The molecule has 2 fully saturated rings. The summed E-state index contributed by atoms with van der Waals surface area (Å²) in [6.07, 6.45) is 4.90. The Hall–Kier alpha value is -1.33. The molecule has 0 unspecified atom stereocenters. The SMILES string of the molecule is Fc1ccc(CN2CCC(c3nnc(C4CC4)s3)CC2)cc1. The van der Waals surface area contributed by atoms with Crippen LogP contribution in [0.15, 0.2) is 24.3 Å². The minimum atomic E-state index is -0.162. The summed E-state index contributed by atoms with van der Waals surface area (Å²) in [6, 6.07) is 6.85. The minimum Gasteiger partial charge on any atom is -0.299 e. The van der Waals surface area contributed by atoms with Crippen molar-refractivity contribution < 1.29 is 4.39 Å². The van der Waals surface area contributed by atoms with Gasteiger partial charge in [-0.05, 0) is 56.5 Å². The Morgan fingerprint density at radius 3 is 2.14 bits per heavy atom. The molecule has 1 saturated heterocycles. The molecule has 0 atom stereocenters. The van der Waals surface area contributed by atoms with Gasteiger partial charge in [0.25, 0.3) is 0 Å². The first kappa shape index (κ1) is 14.3. The number of aromatic nitrogens is 2. The molecule has 0 amide bonds. The molecule has 5 heteroatoms. The number of benzene rings is 1. The third-order valence-electron chi connectivity index (χ3n) is 4.64. The molecule has 1 aromatic carbocycles. The number of rotatable bonds is 4. The van der Waals surface area contributed by atoms with Crippen molar-refractivity contribution in [1.82, 2.24) is 15.1 Å². The topological polar surface area (TPSA) is 29.0 Å². The number of likely N-dealkylation sites (tertiary alicyclic amines) is 1. The fourth-order valence-electron chi connectivity index (χ4n) is 3.09. The van der Waals surface area contributed by atoms with E-state index in [1.165, 1.54) is 28.4 Å². The molecule has 3 nitrogen and oxygen atoms in total. The van der Waals surface area contributed by atoms with E-state index in [0.29, 0.717) is 11.8 Å². The van der Waals surface area contributed by atoms with Crippen LogP contribution in [0.2, 0.25) is 0 Å². The van der Waals surface area contributed by atoms with Crippen LogP contribution in [0.25, 0.3) is 0 Å². The van der Waals surface area contributed by atoms with Crippen molar-refractivity contribution in [3.8, 4) is 0 Å². The lowest BCUT2D eigenvalue weighted by Gasteiger charge is -2.30. The van der Waals surface area contributed by atoms with Gasteiger partial charge < -0.3 is 0 Å². The monoisotopic (exact) mass is 317 g/mol. The average molecular weight is 317 g/mol. The molecule has 1 saturated carbocycles. The second-order valence-corrected chi connectivity index (χ2v) is 7.47. The highest BCUT2D eigenvalue weighted by molar-refractivity contribution is 7.11. The molecule has 2 aliphatic rings. The van der Waals surface area contributed by atoms with Crippen molar-refractivity contribution in [3.05, 3.63) is 45.7 Å². The summed E-state index contributed by atoms with van der Waals surface area (Å²) >= 11 is 1.83. The molecule has 4 rings (SSSR count). The zero-order valence-electron chi connectivity index (χ0n) is 12.5. The fraction of sp³-hybridized carbons (Fsp3) is 0.529. The van der Waals surface area contributed by atoms with Crippen LogP contribution in [-0.2, 0) is 6.54 Å². The molecule has 1 aliphatic carbocycles. The lowest BCUT2D eigenvalue weighted by atomic mass is 9.97. The molecule has 1 aromatic heterocycles. The van der Waals surface area contributed by atoms with Crippen LogP contribution in [-0.4, -0.2) is 28.2 Å². The predicted octanol–water partition coefficient (Wildman–Crippen LogP) is 3.93. The smallest absolute Gasteiger partial charge is 0.123 e. The lowest BCUT2D eigenvalue weighted by molar-refractivity contribution is 0.204. The van der Waals surface area contributed by atoms with E-state index in [4.69, 9.17) is 0 Å². The van der Waals surface area contributed by atoms with Crippen LogP contribution in [0, 0.1) is 5.82 Å². The van der Waals surface area contributed by atoms with E-state index in [2.05, 4.69) is 15.1 Å². The Morgan fingerprint density at radius 2 is 1.55 bits per heavy atom. The van der Waals surface area contributed by atoms with Crippen molar-refractivity contribution in [3.63, 3.8) is 0 Å². The zero-order valence-corrected chi connectivity index (χ0v) is 13.4. The number of nitrogens with zero attached hydrogens (tertiary/aromatic N) is 3. The molecule has 22 heavy (non-hydrogen) atoms. The van der Waals surface area contributed by atoms with E-state index in [1.54, 1.807) is 12.1 Å². The average Bonchev–Trinajstić information content (AvgIpc) is 3.28. The van der Waals surface area contributed by atoms with Gasteiger partial charge in [-0.15, -0.1) is 21.5 Å². The minimum absolute atomic E-state index is 0.162. The van der Waals surface area contributed by atoms with Gasteiger partial charge in [0.1, 0.15) is 15.8 Å². The normalized spacial score (nSPS) is 20.4.